The summed E-state index contributed by atoms with van der Waals surface area (Å²) in [6.45, 7) is 7.74. The van der Waals surface area contributed by atoms with Gasteiger partial charge in [-0.3, -0.25) is 14.3 Å². The summed E-state index contributed by atoms with van der Waals surface area (Å²) < 4.78 is 8.74. The molecule has 1 saturated heterocycles. The summed E-state index contributed by atoms with van der Waals surface area (Å²) in [6, 6.07) is 0. The van der Waals surface area contributed by atoms with Crippen LogP contribution in [0.25, 0.3) is 11.2 Å². The summed E-state index contributed by atoms with van der Waals surface area (Å²) in [4.78, 5) is 33.3. The van der Waals surface area contributed by atoms with Crippen LogP contribution in [0.3, 0.4) is 0 Å². The monoisotopic (exact) mass is 321 g/mol. The van der Waals surface area contributed by atoms with Crippen molar-refractivity contribution in [3.05, 3.63) is 20.8 Å². The van der Waals surface area contributed by atoms with Crippen LogP contribution in [0.4, 0.5) is 5.95 Å². The van der Waals surface area contributed by atoms with Crippen molar-refractivity contribution in [3.8, 4) is 0 Å². The Morgan fingerprint density at radius 3 is 2.61 bits per heavy atom. The van der Waals surface area contributed by atoms with Gasteiger partial charge in [0.1, 0.15) is 0 Å². The maximum Gasteiger partial charge on any atom is 0.329 e. The highest BCUT2D eigenvalue weighted by Crippen LogP contribution is 2.21. The summed E-state index contributed by atoms with van der Waals surface area (Å²) in [7, 11) is 1.63. The van der Waals surface area contributed by atoms with E-state index < -0.39 is 5.69 Å². The number of rotatable bonds is 4. The molecule has 8 nitrogen and oxygen atoms in total. The predicted octanol–water partition coefficient (Wildman–Crippen LogP) is 0.306. The van der Waals surface area contributed by atoms with Crippen LogP contribution >= 0.6 is 0 Å². The molecule has 0 saturated carbocycles. The van der Waals surface area contributed by atoms with Crippen LogP contribution in [0, 0.1) is 5.92 Å². The number of aromatic nitrogens is 4. The molecule has 126 valence electrons. The van der Waals surface area contributed by atoms with Gasteiger partial charge in [0.15, 0.2) is 11.2 Å². The number of imidazole rings is 1. The van der Waals surface area contributed by atoms with Crippen LogP contribution < -0.4 is 16.1 Å². The SMILES string of the molecule is CC(C)CCn1c(N2CCOCC2)nc2c1c(=O)[nH]c(=O)n2C. The second-order valence-corrected chi connectivity index (χ2v) is 6.34. The van der Waals surface area contributed by atoms with Gasteiger partial charge in [0.25, 0.3) is 5.56 Å². The van der Waals surface area contributed by atoms with Gasteiger partial charge in [-0.05, 0) is 12.3 Å². The molecule has 0 aliphatic carbocycles. The Balaban J connectivity index is 2.18. The fourth-order valence-corrected chi connectivity index (χ4v) is 2.83. The van der Waals surface area contributed by atoms with Crippen molar-refractivity contribution in [1.82, 2.24) is 19.1 Å². The minimum absolute atomic E-state index is 0.376. The molecule has 0 atom stereocenters. The first-order valence-electron chi connectivity index (χ1n) is 8.01. The van der Waals surface area contributed by atoms with Crippen molar-refractivity contribution >= 4 is 17.1 Å². The average molecular weight is 321 g/mol. The number of morpholine rings is 1. The van der Waals surface area contributed by atoms with Crippen LogP contribution in [-0.4, -0.2) is 45.4 Å². The molecule has 3 rings (SSSR count). The van der Waals surface area contributed by atoms with Crippen molar-refractivity contribution < 1.29 is 4.74 Å². The number of aromatic amines is 1. The molecule has 1 fully saturated rings. The van der Waals surface area contributed by atoms with E-state index in [-0.39, 0.29) is 5.56 Å². The number of anilines is 1. The number of H-pyrrole nitrogens is 1. The van der Waals surface area contributed by atoms with Crippen LogP contribution in [0.15, 0.2) is 9.59 Å². The maximum atomic E-state index is 12.3. The molecule has 1 aliphatic heterocycles. The van der Waals surface area contributed by atoms with Crippen LogP contribution in [0.2, 0.25) is 0 Å². The van der Waals surface area contributed by atoms with Crippen LogP contribution in [0.5, 0.6) is 0 Å². The zero-order chi connectivity index (χ0) is 16.6. The fourth-order valence-electron chi connectivity index (χ4n) is 2.83. The third kappa shape index (κ3) is 2.90. The molecule has 3 heterocycles. The van der Waals surface area contributed by atoms with Gasteiger partial charge in [0, 0.05) is 26.7 Å². The van der Waals surface area contributed by atoms with Crippen molar-refractivity contribution in [2.24, 2.45) is 13.0 Å². The summed E-state index contributed by atoms with van der Waals surface area (Å²) in [6.07, 6.45) is 0.936. The summed E-state index contributed by atoms with van der Waals surface area (Å²) in [5, 5.41) is 0. The van der Waals surface area contributed by atoms with Gasteiger partial charge >= 0.3 is 5.69 Å². The molecule has 0 spiro atoms. The van der Waals surface area contributed by atoms with E-state index in [1.165, 1.54) is 4.57 Å². The lowest BCUT2D eigenvalue weighted by atomic mass is 10.1. The molecule has 0 bridgehead atoms. The number of nitrogens with zero attached hydrogens (tertiary/aromatic N) is 4. The Kier molecular flexibility index (Phi) is 4.25. The predicted molar refractivity (Wildman–Crippen MR) is 88.1 cm³/mol. The van der Waals surface area contributed by atoms with Crippen molar-refractivity contribution in [2.45, 2.75) is 26.8 Å². The third-order valence-corrected chi connectivity index (χ3v) is 4.21. The van der Waals surface area contributed by atoms with E-state index in [1.54, 1.807) is 7.05 Å². The molecular weight excluding hydrogens is 298 g/mol. The zero-order valence-electron chi connectivity index (χ0n) is 13.8. The lowest BCUT2D eigenvalue weighted by molar-refractivity contribution is 0.121. The van der Waals surface area contributed by atoms with Crippen LogP contribution in [0.1, 0.15) is 20.3 Å². The number of hydrogen-bond donors (Lipinski definition) is 1. The van der Waals surface area contributed by atoms with E-state index >= 15 is 0 Å². The molecular formula is C15H23N5O3. The molecule has 23 heavy (non-hydrogen) atoms. The number of nitrogens with one attached hydrogen (secondary N) is 1. The Labute approximate surface area is 133 Å². The molecule has 1 N–H and O–H groups in total. The third-order valence-electron chi connectivity index (χ3n) is 4.21. The highest BCUT2D eigenvalue weighted by Gasteiger charge is 2.22. The highest BCUT2D eigenvalue weighted by molar-refractivity contribution is 5.74. The van der Waals surface area contributed by atoms with E-state index in [9.17, 15) is 9.59 Å². The van der Waals surface area contributed by atoms with Gasteiger partial charge in [-0.25, -0.2) is 4.79 Å². The standard InChI is InChI=1S/C15H23N5O3/c1-10(2)4-5-20-11-12(18(3)15(22)17-13(11)21)16-14(20)19-6-8-23-9-7-19/h10H,4-9H2,1-3H3,(H,17,21,22). The van der Waals surface area contributed by atoms with Gasteiger partial charge in [-0.1, -0.05) is 13.8 Å². The van der Waals surface area contributed by atoms with E-state index in [0.717, 1.165) is 25.5 Å². The molecule has 0 aromatic carbocycles. The van der Waals surface area contributed by atoms with Gasteiger partial charge < -0.3 is 14.2 Å². The van der Waals surface area contributed by atoms with Crippen LogP contribution in [-0.2, 0) is 18.3 Å². The minimum Gasteiger partial charge on any atom is -0.378 e. The van der Waals surface area contributed by atoms with Gasteiger partial charge in [-0.2, -0.15) is 4.98 Å². The van der Waals surface area contributed by atoms with E-state index in [0.29, 0.717) is 36.8 Å². The van der Waals surface area contributed by atoms with E-state index in [2.05, 4.69) is 28.7 Å². The summed E-state index contributed by atoms with van der Waals surface area (Å²) >= 11 is 0. The highest BCUT2D eigenvalue weighted by atomic mass is 16.5. The first-order chi connectivity index (χ1) is 11.0. The Morgan fingerprint density at radius 2 is 1.96 bits per heavy atom. The van der Waals surface area contributed by atoms with Gasteiger partial charge in [-0.15, -0.1) is 0 Å². The van der Waals surface area contributed by atoms with Gasteiger partial charge in [0.2, 0.25) is 5.95 Å². The smallest absolute Gasteiger partial charge is 0.329 e. The molecule has 0 amide bonds. The quantitative estimate of drug-likeness (QED) is 0.876. The lowest BCUT2D eigenvalue weighted by Crippen LogP contribution is -2.38. The number of hydrogen-bond acceptors (Lipinski definition) is 5. The maximum absolute atomic E-state index is 12.3. The molecule has 8 heteroatoms. The number of ether oxygens (including phenoxy) is 1. The average Bonchev–Trinajstić information content (AvgIpc) is 2.91. The fraction of sp³-hybridized carbons (Fsp3) is 0.667. The Bertz CT molecular complexity index is 811. The topological polar surface area (TPSA) is 85.2 Å². The molecule has 0 unspecified atom stereocenters. The van der Waals surface area contributed by atoms with Crippen molar-refractivity contribution in [2.75, 3.05) is 31.2 Å². The molecule has 0 radical (unpaired) electrons. The number of aryl methyl sites for hydroxylation is 2. The molecule has 2 aromatic rings. The van der Waals surface area contributed by atoms with E-state index in [4.69, 9.17) is 4.74 Å². The normalized spacial score (nSPS) is 15.7. The second kappa shape index (κ2) is 6.19. The summed E-state index contributed by atoms with van der Waals surface area (Å²) in [5.41, 5.74) is 0.0849. The van der Waals surface area contributed by atoms with Gasteiger partial charge in [0.05, 0.1) is 13.2 Å². The summed E-state index contributed by atoms with van der Waals surface area (Å²) in [5.74, 6) is 1.26. The Hall–Kier alpha value is -2.09. The zero-order valence-corrected chi connectivity index (χ0v) is 13.8. The first kappa shape index (κ1) is 15.8. The molecule has 1 aliphatic rings. The lowest BCUT2D eigenvalue weighted by Gasteiger charge is -2.28. The number of fused-ring (bicyclic) bond motifs is 1. The van der Waals surface area contributed by atoms with Crippen molar-refractivity contribution in [3.63, 3.8) is 0 Å². The molecule has 2 aromatic heterocycles. The van der Waals surface area contributed by atoms with Crippen molar-refractivity contribution in [1.29, 1.82) is 0 Å². The minimum atomic E-state index is -0.440. The van der Waals surface area contributed by atoms with E-state index in [1.807, 2.05) is 4.57 Å². The largest absolute Gasteiger partial charge is 0.378 e. The first-order valence-corrected chi connectivity index (χ1v) is 8.01. The Morgan fingerprint density at radius 1 is 1.26 bits per heavy atom. The second-order valence-electron chi connectivity index (χ2n) is 6.34.